The molecule has 0 amide bonds. The molecule has 0 N–H and O–H groups in total. The minimum atomic E-state index is 0.797. The maximum absolute atomic E-state index is 4.50. The smallest absolute Gasteiger partial charge is 0.196 e. The molecule has 4 aromatic rings. The van der Waals surface area contributed by atoms with E-state index in [0.717, 1.165) is 28.0 Å². The molecule has 27 heavy (non-hydrogen) atoms. The van der Waals surface area contributed by atoms with Crippen LogP contribution in [-0.4, -0.2) is 19.7 Å². The Balaban J connectivity index is 1.77. The lowest BCUT2D eigenvalue weighted by atomic mass is 10.1. The summed E-state index contributed by atoms with van der Waals surface area (Å²) in [6.45, 7) is 4.26. The third-order valence-electron chi connectivity index (χ3n) is 4.50. The van der Waals surface area contributed by atoms with E-state index >= 15 is 0 Å². The van der Waals surface area contributed by atoms with Crippen LogP contribution < -0.4 is 0 Å². The molecule has 4 nitrogen and oxygen atoms in total. The Bertz CT molecular complexity index is 1040. The monoisotopic (exact) mass is 372 g/mol. The fourth-order valence-corrected chi connectivity index (χ4v) is 3.75. The van der Waals surface area contributed by atoms with Gasteiger partial charge in [0.2, 0.25) is 0 Å². The van der Waals surface area contributed by atoms with Crippen LogP contribution in [0.3, 0.4) is 0 Å². The fourth-order valence-electron chi connectivity index (χ4n) is 2.87. The molecule has 0 fully saturated rings. The molecular weight excluding hydrogens is 352 g/mol. The van der Waals surface area contributed by atoms with E-state index in [-0.39, 0.29) is 0 Å². The normalized spacial score (nSPS) is 10.9. The number of thioether (sulfide) groups is 1. The van der Waals surface area contributed by atoms with Crippen molar-refractivity contribution < 1.29 is 0 Å². The molecule has 0 aliphatic rings. The van der Waals surface area contributed by atoms with Crippen LogP contribution in [0, 0.1) is 13.8 Å². The summed E-state index contributed by atoms with van der Waals surface area (Å²) in [6.07, 6.45) is 3.68. The number of benzene rings is 2. The average molecular weight is 372 g/mol. The van der Waals surface area contributed by atoms with Crippen molar-refractivity contribution in [3.63, 3.8) is 0 Å². The first-order valence-corrected chi connectivity index (χ1v) is 9.81. The number of aryl methyl sites for hydroxylation is 2. The molecule has 0 unspecified atom stereocenters. The van der Waals surface area contributed by atoms with Crippen molar-refractivity contribution in [2.45, 2.75) is 24.8 Å². The van der Waals surface area contributed by atoms with Crippen molar-refractivity contribution >= 4 is 11.8 Å². The third-order valence-corrected chi connectivity index (χ3v) is 5.50. The highest BCUT2D eigenvalue weighted by Gasteiger charge is 2.16. The standard InChI is InChI=1S/C22H20N4S/c1-16-10-11-20(13-17(16)2)26-21(19-8-4-3-5-9-19)24-25-22(26)27-15-18-7-6-12-23-14-18/h3-14H,15H2,1-2H3. The summed E-state index contributed by atoms with van der Waals surface area (Å²) in [6, 6.07) is 20.7. The van der Waals surface area contributed by atoms with Crippen molar-refractivity contribution in [2.24, 2.45) is 0 Å². The first kappa shape index (κ1) is 17.5. The topological polar surface area (TPSA) is 43.6 Å². The Morgan fingerprint density at radius 3 is 2.48 bits per heavy atom. The zero-order valence-corrected chi connectivity index (χ0v) is 16.1. The van der Waals surface area contributed by atoms with E-state index in [0.29, 0.717) is 0 Å². The van der Waals surface area contributed by atoms with Crippen molar-refractivity contribution in [2.75, 3.05) is 0 Å². The van der Waals surface area contributed by atoms with Gasteiger partial charge < -0.3 is 0 Å². The molecule has 0 bridgehead atoms. The van der Waals surface area contributed by atoms with Crippen molar-refractivity contribution in [1.29, 1.82) is 0 Å². The Hall–Kier alpha value is -2.92. The van der Waals surface area contributed by atoms with E-state index in [9.17, 15) is 0 Å². The molecule has 4 rings (SSSR count). The lowest BCUT2D eigenvalue weighted by molar-refractivity contribution is 0.884. The summed E-state index contributed by atoms with van der Waals surface area (Å²) >= 11 is 1.67. The second kappa shape index (κ2) is 7.76. The molecule has 2 heterocycles. The summed E-state index contributed by atoms with van der Waals surface area (Å²) in [5, 5.41) is 9.87. The number of nitrogens with zero attached hydrogens (tertiary/aromatic N) is 4. The van der Waals surface area contributed by atoms with Gasteiger partial charge in [-0.05, 0) is 48.7 Å². The summed E-state index contributed by atoms with van der Waals surface area (Å²) in [5.41, 5.74) is 5.83. The Kier molecular flexibility index (Phi) is 5.03. The lowest BCUT2D eigenvalue weighted by Crippen LogP contribution is -2.01. The summed E-state index contributed by atoms with van der Waals surface area (Å²) in [5.74, 6) is 1.65. The molecule has 0 saturated heterocycles. The van der Waals surface area contributed by atoms with Crippen LogP contribution in [0.2, 0.25) is 0 Å². The van der Waals surface area contributed by atoms with Gasteiger partial charge in [0.1, 0.15) is 0 Å². The Morgan fingerprint density at radius 1 is 0.889 bits per heavy atom. The predicted octanol–water partition coefficient (Wildman–Crippen LogP) is 5.24. The maximum Gasteiger partial charge on any atom is 0.196 e. The van der Waals surface area contributed by atoms with Gasteiger partial charge in [-0.3, -0.25) is 9.55 Å². The van der Waals surface area contributed by atoms with E-state index in [1.54, 1.807) is 18.0 Å². The molecule has 0 aliphatic heterocycles. The maximum atomic E-state index is 4.50. The molecule has 2 aromatic carbocycles. The summed E-state index contributed by atoms with van der Waals surface area (Å²) in [4.78, 5) is 4.20. The van der Waals surface area contributed by atoms with Crippen LogP contribution in [0.4, 0.5) is 0 Å². The van der Waals surface area contributed by atoms with Crippen LogP contribution in [0.15, 0.2) is 78.2 Å². The second-order valence-electron chi connectivity index (χ2n) is 6.43. The zero-order chi connectivity index (χ0) is 18.6. The number of aromatic nitrogens is 4. The predicted molar refractivity (Wildman–Crippen MR) is 110 cm³/mol. The molecule has 0 spiro atoms. The van der Waals surface area contributed by atoms with Crippen LogP contribution in [-0.2, 0) is 5.75 Å². The van der Waals surface area contributed by atoms with Gasteiger partial charge in [-0.25, -0.2) is 0 Å². The molecule has 0 radical (unpaired) electrons. The van der Waals surface area contributed by atoms with Gasteiger partial charge in [0.05, 0.1) is 5.69 Å². The molecule has 2 aromatic heterocycles. The van der Waals surface area contributed by atoms with Crippen molar-refractivity contribution in [3.05, 3.63) is 89.7 Å². The van der Waals surface area contributed by atoms with Gasteiger partial charge in [-0.1, -0.05) is 54.2 Å². The number of hydrogen-bond donors (Lipinski definition) is 0. The third kappa shape index (κ3) is 3.78. The fraction of sp³-hybridized carbons (Fsp3) is 0.136. The van der Waals surface area contributed by atoms with Gasteiger partial charge in [-0.15, -0.1) is 10.2 Å². The minimum absolute atomic E-state index is 0.797. The Labute approximate surface area is 163 Å². The van der Waals surface area contributed by atoms with Crippen LogP contribution in [0.5, 0.6) is 0 Å². The van der Waals surface area contributed by atoms with Crippen LogP contribution >= 0.6 is 11.8 Å². The van der Waals surface area contributed by atoms with Gasteiger partial charge >= 0.3 is 0 Å². The van der Waals surface area contributed by atoms with Gasteiger partial charge in [-0.2, -0.15) is 0 Å². The highest BCUT2D eigenvalue weighted by molar-refractivity contribution is 7.98. The summed E-state index contributed by atoms with van der Waals surface area (Å²) < 4.78 is 2.14. The van der Waals surface area contributed by atoms with Crippen LogP contribution in [0.1, 0.15) is 16.7 Å². The SMILES string of the molecule is Cc1ccc(-n2c(SCc3cccnc3)nnc2-c2ccccc2)cc1C. The molecule has 0 aliphatic carbocycles. The largest absolute Gasteiger partial charge is 0.270 e. The first-order valence-electron chi connectivity index (χ1n) is 8.82. The molecule has 0 atom stereocenters. The highest BCUT2D eigenvalue weighted by atomic mass is 32.2. The molecule has 134 valence electrons. The average Bonchev–Trinajstić information content (AvgIpc) is 3.14. The van der Waals surface area contributed by atoms with E-state index in [4.69, 9.17) is 0 Å². The number of pyridine rings is 1. The minimum Gasteiger partial charge on any atom is -0.270 e. The summed E-state index contributed by atoms with van der Waals surface area (Å²) in [7, 11) is 0. The van der Waals surface area contributed by atoms with E-state index in [1.165, 1.54) is 16.7 Å². The zero-order valence-electron chi connectivity index (χ0n) is 15.3. The molecule has 0 saturated carbocycles. The number of hydrogen-bond acceptors (Lipinski definition) is 4. The van der Waals surface area contributed by atoms with E-state index < -0.39 is 0 Å². The van der Waals surface area contributed by atoms with Gasteiger partial charge in [0.15, 0.2) is 11.0 Å². The molecule has 5 heteroatoms. The quantitative estimate of drug-likeness (QED) is 0.450. The van der Waals surface area contributed by atoms with Gasteiger partial charge in [0, 0.05) is 23.7 Å². The lowest BCUT2D eigenvalue weighted by Gasteiger charge is -2.12. The Morgan fingerprint density at radius 2 is 1.74 bits per heavy atom. The van der Waals surface area contributed by atoms with Crippen molar-refractivity contribution in [3.8, 4) is 17.1 Å². The van der Waals surface area contributed by atoms with Gasteiger partial charge in [0.25, 0.3) is 0 Å². The first-order chi connectivity index (χ1) is 13.2. The highest BCUT2D eigenvalue weighted by Crippen LogP contribution is 2.30. The van der Waals surface area contributed by atoms with Crippen molar-refractivity contribution in [1.82, 2.24) is 19.7 Å². The number of rotatable bonds is 5. The molecular formula is C22H20N4S. The second-order valence-corrected chi connectivity index (χ2v) is 7.37. The van der Waals surface area contributed by atoms with Crippen LogP contribution in [0.25, 0.3) is 17.1 Å². The van der Waals surface area contributed by atoms with E-state index in [1.807, 2.05) is 30.5 Å². The van der Waals surface area contributed by atoms with E-state index in [2.05, 4.69) is 70.0 Å².